The predicted octanol–water partition coefficient (Wildman–Crippen LogP) is 3.00. The number of hydrogen-bond donors (Lipinski definition) is 0. The van der Waals surface area contributed by atoms with Crippen LogP contribution in [0.1, 0.15) is 38.3 Å². The molecule has 0 unspecified atom stereocenters. The van der Waals surface area contributed by atoms with Crippen molar-refractivity contribution >= 4 is 16.9 Å². The summed E-state index contributed by atoms with van der Waals surface area (Å²) < 4.78 is 16.1. The first kappa shape index (κ1) is 15.6. The van der Waals surface area contributed by atoms with Crippen LogP contribution >= 0.6 is 0 Å². The molecule has 0 saturated carbocycles. The van der Waals surface area contributed by atoms with Crippen molar-refractivity contribution in [2.24, 2.45) is 0 Å². The molecule has 122 valence electrons. The van der Waals surface area contributed by atoms with Gasteiger partial charge in [0.1, 0.15) is 11.3 Å². The largest absolute Gasteiger partial charge is 0.479 e. The van der Waals surface area contributed by atoms with E-state index in [4.69, 9.17) is 13.9 Å². The number of carbonyl (C=O) groups is 1. The summed E-state index contributed by atoms with van der Waals surface area (Å²) in [6.45, 7) is 5.21. The Morgan fingerprint density at radius 2 is 1.91 bits per heavy atom. The van der Waals surface area contributed by atoms with Crippen molar-refractivity contribution in [1.82, 2.24) is 0 Å². The van der Waals surface area contributed by atoms with Gasteiger partial charge in [0.25, 0.3) is 0 Å². The third kappa shape index (κ3) is 3.09. The SMILES string of the molecule is CC(C)OC(=O)[C@@H](C)Oc1ccc2c3c(c(=O)oc2c1)CCC3. The second-order valence-corrected chi connectivity index (χ2v) is 6.10. The molecule has 0 saturated heterocycles. The fourth-order valence-electron chi connectivity index (χ4n) is 2.92. The lowest BCUT2D eigenvalue weighted by Crippen LogP contribution is -2.28. The quantitative estimate of drug-likeness (QED) is 0.641. The van der Waals surface area contributed by atoms with Crippen LogP contribution < -0.4 is 10.4 Å². The van der Waals surface area contributed by atoms with E-state index in [1.54, 1.807) is 32.9 Å². The third-order valence-electron chi connectivity index (χ3n) is 3.94. The van der Waals surface area contributed by atoms with Crippen molar-refractivity contribution in [2.45, 2.75) is 52.2 Å². The summed E-state index contributed by atoms with van der Waals surface area (Å²) in [5, 5.41) is 0.946. The van der Waals surface area contributed by atoms with E-state index in [0.717, 1.165) is 35.8 Å². The molecule has 23 heavy (non-hydrogen) atoms. The Labute approximate surface area is 134 Å². The fourth-order valence-corrected chi connectivity index (χ4v) is 2.92. The van der Waals surface area contributed by atoms with Crippen molar-refractivity contribution in [3.05, 3.63) is 39.7 Å². The highest BCUT2D eigenvalue weighted by atomic mass is 16.6. The smallest absolute Gasteiger partial charge is 0.347 e. The highest BCUT2D eigenvalue weighted by molar-refractivity contribution is 5.83. The number of esters is 1. The van der Waals surface area contributed by atoms with Crippen molar-refractivity contribution in [1.29, 1.82) is 0 Å². The van der Waals surface area contributed by atoms with E-state index in [-0.39, 0.29) is 11.7 Å². The Morgan fingerprint density at radius 1 is 1.17 bits per heavy atom. The molecule has 0 radical (unpaired) electrons. The van der Waals surface area contributed by atoms with Gasteiger partial charge in [0.15, 0.2) is 6.10 Å². The first-order valence-electron chi connectivity index (χ1n) is 7.91. The summed E-state index contributed by atoms with van der Waals surface area (Å²) in [5.41, 5.74) is 2.10. The number of benzene rings is 1. The molecule has 1 aliphatic rings. The second-order valence-electron chi connectivity index (χ2n) is 6.10. The molecule has 0 amide bonds. The first-order valence-corrected chi connectivity index (χ1v) is 7.91. The Morgan fingerprint density at radius 3 is 2.65 bits per heavy atom. The number of fused-ring (bicyclic) bond motifs is 3. The Hall–Kier alpha value is -2.30. The number of rotatable bonds is 4. The molecule has 3 rings (SSSR count). The van der Waals surface area contributed by atoms with E-state index in [1.807, 2.05) is 6.07 Å². The summed E-state index contributed by atoms with van der Waals surface area (Å²) >= 11 is 0. The molecular formula is C18H20O5. The zero-order valence-electron chi connectivity index (χ0n) is 13.5. The molecule has 0 N–H and O–H groups in total. The normalized spacial score (nSPS) is 14.8. The molecule has 5 heteroatoms. The minimum atomic E-state index is -0.726. The third-order valence-corrected chi connectivity index (χ3v) is 3.94. The van der Waals surface area contributed by atoms with Gasteiger partial charge in [-0.3, -0.25) is 0 Å². The van der Waals surface area contributed by atoms with Gasteiger partial charge in [0.05, 0.1) is 6.10 Å². The number of hydrogen-bond acceptors (Lipinski definition) is 5. The minimum Gasteiger partial charge on any atom is -0.479 e. The van der Waals surface area contributed by atoms with Crippen molar-refractivity contribution < 1.29 is 18.7 Å². The van der Waals surface area contributed by atoms with Crippen LogP contribution in [-0.4, -0.2) is 18.2 Å². The maximum atomic E-state index is 12.0. The molecule has 0 aliphatic heterocycles. The van der Waals surface area contributed by atoms with Crippen LogP contribution in [0.2, 0.25) is 0 Å². The van der Waals surface area contributed by atoms with E-state index in [0.29, 0.717) is 11.3 Å². The van der Waals surface area contributed by atoms with Gasteiger partial charge in [-0.25, -0.2) is 9.59 Å². The summed E-state index contributed by atoms with van der Waals surface area (Å²) in [6, 6.07) is 5.34. The Bertz CT molecular complexity index is 803. The van der Waals surface area contributed by atoms with E-state index in [9.17, 15) is 9.59 Å². The standard InChI is InChI=1S/C18H20O5/c1-10(2)21-17(19)11(3)22-12-7-8-14-13-5-4-6-15(13)18(20)23-16(14)9-12/h7-11H,4-6H2,1-3H3/t11-/m1/s1. The predicted molar refractivity (Wildman–Crippen MR) is 85.8 cm³/mol. The van der Waals surface area contributed by atoms with E-state index >= 15 is 0 Å². The zero-order valence-corrected chi connectivity index (χ0v) is 13.5. The molecule has 0 spiro atoms. The maximum Gasteiger partial charge on any atom is 0.347 e. The summed E-state index contributed by atoms with van der Waals surface area (Å²) in [5.74, 6) is 0.0577. The lowest BCUT2D eigenvalue weighted by Gasteiger charge is -2.16. The van der Waals surface area contributed by atoms with Gasteiger partial charge in [-0.1, -0.05) is 0 Å². The van der Waals surface area contributed by atoms with Gasteiger partial charge in [-0.05, 0) is 57.7 Å². The maximum absolute atomic E-state index is 12.0. The summed E-state index contributed by atoms with van der Waals surface area (Å²) in [4.78, 5) is 23.8. The second kappa shape index (κ2) is 6.07. The summed E-state index contributed by atoms with van der Waals surface area (Å²) in [6.07, 6.45) is 1.75. The van der Waals surface area contributed by atoms with Crippen LogP contribution in [0.15, 0.2) is 27.4 Å². The molecule has 1 aliphatic carbocycles. The lowest BCUT2D eigenvalue weighted by atomic mass is 10.1. The molecule has 0 bridgehead atoms. The highest BCUT2D eigenvalue weighted by Crippen LogP contribution is 2.29. The monoisotopic (exact) mass is 316 g/mol. The molecular weight excluding hydrogens is 296 g/mol. The molecule has 1 aromatic heterocycles. The summed E-state index contributed by atoms with van der Waals surface area (Å²) in [7, 11) is 0. The molecule has 1 aromatic carbocycles. The van der Waals surface area contributed by atoms with Crippen molar-refractivity contribution in [2.75, 3.05) is 0 Å². The lowest BCUT2D eigenvalue weighted by molar-refractivity contribution is -0.154. The topological polar surface area (TPSA) is 65.7 Å². The van der Waals surface area contributed by atoms with Crippen LogP contribution in [0.5, 0.6) is 5.75 Å². The van der Waals surface area contributed by atoms with Crippen LogP contribution in [0.3, 0.4) is 0 Å². The van der Waals surface area contributed by atoms with E-state index < -0.39 is 12.1 Å². The molecule has 0 fully saturated rings. The molecule has 5 nitrogen and oxygen atoms in total. The van der Waals surface area contributed by atoms with Gasteiger partial charge in [0.2, 0.25) is 0 Å². The van der Waals surface area contributed by atoms with Gasteiger partial charge >= 0.3 is 11.6 Å². The highest BCUT2D eigenvalue weighted by Gasteiger charge is 2.21. The van der Waals surface area contributed by atoms with Crippen molar-refractivity contribution in [3.63, 3.8) is 0 Å². The Kier molecular flexibility index (Phi) is 4.11. The van der Waals surface area contributed by atoms with Gasteiger partial charge in [-0.2, -0.15) is 0 Å². The van der Waals surface area contributed by atoms with Crippen LogP contribution in [-0.2, 0) is 22.4 Å². The van der Waals surface area contributed by atoms with Crippen LogP contribution in [0.25, 0.3) is 11.0 Å². The van der Waals surface area contributed by atoms with Gasteiger partial charge < -0.3 is 13.9 Å². The van der Waals surface area contributed by atoms with Crippen molar-refractivity contribution in [3.8, 4) is 5.75 Å². The average molecular weight is 316 g/mol. The van der Waals surface area contributed by atoms with E-state index in [1.165, 1.54) is 0 Å². The first-order chi connectivity index (χ1) is 11.0. The fraction of sp³-hybridized carbons (Fsp3) is 0.444. The minimum absolute atomic E-state index is 0.189. The zero-order chi connectivity index (χ0) is 16.6. The number of ether oxygens (including phenoxy) is 2. The van der Waals surface area contributed by atoms with E-state index in [2.05, 4.69) is 0 Å². The van der Waals surface area contributed by atoms with Gasteiger partial charge in [-0.15, -0.1) is 0 Å². The number of aryl methyl sites for hydroxylation is 1. The van der Waals surface area contributed by atoms with Crippen LogP contribution in [0, 0.1) is 0 Å². The van der Waals surface area contributed by atoms with Crippen LogP contribution in [0.4, 0.5) is 0 Å². The number of carbonyl (C=O) groups excluding carboxylic acids is 1. The molecule has 2 aromatic rings. The average Bonchev–Trinajstić information content (AvgIpc) is 2.96. The Balaban J connectivity index is 1.88. The molecule has 1 heterocycles. The molecule has 1 atom stereocenters. The van der Waals surface area contributed by atoms with Gasteiger partial charge in [0, 0.05) is 17.0 Å².